The number of carbonyl (C=O) groups is 1. The van der Waals surface area contributed by atoms with Crippen LogP contribution in [0, 0.1) is 5.92 Å². The average Bonchev–Trinajstić information content (AvgIpc) is 2.54. The van der Waals surface area contributed by atoms with Crippen LogP contribution < -0.4 is 20.1 Å². The third kappa shape index (κ3) is 6.67. The van der Waals surface area contributed by atoms with Crippen LogP contribution in [-0.4, -0.2) is 38.8 Å². The Balaban J connectivity index is 0.00000264. The average molecular weight is 343 g/mol. The number of piperidine rings is 1. The number of hydrogen-bond acceptors (Lipinski definition) is 4. The van der Waals surface area contributed by atoms with Crippen molar-refractivity contribution in [3.05, 3.63) is 24.3 Å². The van der Waals surface area contributed by atoms with Crippen LogP contribution in [0.4, 0.5) is 0 Å². The van der Waals surface area contributed by atoms with Crippen molar-refractivity contribution in [2.75, 3.05) is 26.8 Å². The summed E-state index contributed by atoms with van der Waals surface area (Å²) in [6.45, 7) is 4.67. The summed E-state index contributed by atoms with van der Waals surface area (Å²) in [4.78, 5) is 11.9. The van der Waals surface area contributed by atoms with E-state index in [1.165, 1.54) is 0 Å². The van der Waals surface area contributed by atoms with Crippen molar-refractivity contribution in [2.45, 2.75) is 32.2 Å². The monoisotopic (exact) mass is 342 g/mol. The minimum Gasteiger partial charge on any atom is -0.497 e. The van der Waals surface area contributed by atoms with E-state index in [4.69, 9.17) is 9.47 Å². The van der Waals surface area contributed by atoms with E-state index in [1.54, 1.807) is 7.11 Å². The van der Waals surface area contributed by atoms with Gasteiger partial charge in [-0.25, -0.2) is 0 Å². The molecule has 0 bridgehead atoms. The molecule has 0 spiro atoms. The van der Waals surface area contributed by atoms with Crippen LogP contribution in [0.3, 0.4) is 0 Å². The number of carbonyl (C=O) groups excluding carboxylic acids is 1. The van der Waals surface area contributed by atoms with Gasteiger partial charge in [0.15, 0.2) is 0 Å². The molecule has 1 fully saturated rings. The molecular weight excluding hydrogens is 316 g/mol. The molecular formula is C17H27ClN2O3. The van der Waals surface area contributed by atoms with Crippen molar-refractivity contribution in [1.29, 1.82) is 0 Å². The van der Waals surface area contributed by atoms with Gasteiger partial charge in [0.1, 0.15) is 11.5 Å². The molecule has 0 radical (unpaired) electrons. The standard InChI is InChI=1S/C17H26N2O3.ClH/c1-13-12-18-10-9-16(13)19-17(20)4-3-11-22-15-7-5-14(21-2)6-8-15;/h5-8,13,16,18H,3-4,9-12H2,1-2H3,(H,19,20);1H. The normalized spacial score (nSPS) is 20.3. The van der Waals surface area contributed by atoms with Gasteiger partial charge in [-0.1, -0.05) is 6.92 Å². The predicted octanol–water partition coefficient (Wildman–Crippen LogP) is 2.39. The fourth-order valence-electron chi connectivity index (χ4n) is 2.60. The molecule has 2 atom stereocenters. The highest BCUT2D eigenvalue weighted by Gasteiger charge is 2.22. The van der Waals surface area contributed by atoms with Crippen LogP contribution in [-0.2, 0) is 4.79 Å². The van der Waals surface area contributed by atoms with Crippen molar-refractivity contribution in [1.82, 2.24) is 10.6 Å². The molecule has 0 saturated carbocycles. The molecule has 2 N–H and O–H groups in total. The van der Waals surface area contributed by atoms with Gasteiger partial charge in [-0.15, -0.1) is 12.4 Å². The van der Waals surface area contributed by atoms with Gasteiger partial charge in [-0.2, -0.15) is 0 Å². The van der Waals surface area contributed by atoms with Crippen LogP contribution in [0.1, 0.15) is 26.2 Å². The Bertz CT molecular complexity index is 467. The van der Waals surface area contributed by atoms with Crippen LogP contribution in [0.15, 0.2) is 24.3 Å². The summed E-state index contributed by atoms with van der Waals surface area (Å²) < 4.78 is 10.7. The molecule has 1 heterocycles. The SMILES string of the molecule is COc1ccc(OCCCC(=O)NC2CCNCC2C)cc1.Cl. The van der Waals surface area contributed by atoms with Gasteiger partial charge < -0.3 is 20.1 Å². The zero-order valence-electron chi connectivity index (χ0n) is 13.8. The van der Waals surface area contributed by atoms with E-state index >= 15 is 0 Å². The molecule has 6 heteroatoms. The second-order valence-electron chi connectivity index (χ2n) is 5.77. The third-order valence-corrected chi connectivity index (χ3v) is 4.01. The van der Waals surface area contributed by atoms with E-state index < -0.39 is 0 Å². The number of amides is 1. The molecule has 1 amide bonds. The van der Waals surface area contributed by atoms with Crippen LogP contribution in [0.25, 0.3) is 0 Å². The molecule has 1 saturated heterocycles. The van der Waals surface area contributed by atoms with Gasteiger partial charge >= 0.3 is 0 Å². The Morgan fingerprint density at radius 3 is 2.65 bits per heavy atom. The first-order chi connectivity index (χ1) is 10.7. The topological polar surface area (TPSA) is 59.6 Å². The number of benzene rings is 1. The first-order valence-corrected chi connectivity index (χ1v) is 7.96. The quantitative estimate of drug-likeness (QED) is 0.747. The van der Waals surface area contributed by atoms with E-state index in [0.717, 1.165) is 37.4 Å². The summed E-state index contributed by atoms with van der Waals surface area (Å²) >= 11 is 0. The van der Waals surface area contributed by atoms with Gasteiger partial charge in [0, 0.05) is 12.5 Å². The number of nitrogens with one attached hydrogen (secondary N) is 2. The maximum absolute atomic E-state index is 11.9. The van der Waals surface area contributed by atoms with Gasteiger partial charge in [0.05, 0.1) is 13.7 Å². The number of hydrogen-bond donors (Lipinski definition) is 2. The highest BCUT2D eigenvalue weighted by Crippen LogP contribution is 2.17. The molecule has 1 aromatic carbocycles. The van der Waals surface area contributed by atoms with Gasteiger partial charge in [-0.05, 0) is 56.1 Å². The number of rotatable bonds is 7. The van der Waals surface area contributed by atoms with Crippen molar-refractivity contribution in [2.24, 2.45) is 5.92 Å². The molecule has 130 valence electrons. The maximum Gasteiger partial charge on any atom is 0.220 e. The number of ether oxygens (including phenoxy) is 2. The van der Waals surface area contributed by atoms with Crippen LogP contribution >= 0.6 is 12.4 Å². The zero-order valence-corrected chi connectivity index (χ0v) is 14.7. The van der Waals surface area contributed by atoms with E-state index in [0.29, 0.717) is 25.0 Å². The lowest BCUT2D eigenvalue weighted by Gasteiger charge is -2.30. The Labute approximate surface area is 144 Å². The summed E-state index contributed by atoms with van der Waals surface area (Å²) in [5.41, 5.74) is 0. The third-order valence-electron chi connectivity index (χ3n) is 4.01. The molecule has 2 unspecified atom stereocenters. The molecule has 0 aliphatic carbocycles. The first-order valence-electron chi connectivity index (χ1n) is 7.96. The lowest BCUT2D eigenvalue weighted by Crippen LogP contribution is -2.48. The fourth-order valence-corrected chi connectivity index (χ4v) is 2.60. The Hall–Kier alpha value is -1.46. The molecule has 1 aliphatic heterocycles. The Morgan fingerprint density at radius 2 is 2.00 bits per heavy atom. The van der Waals surface area contributed by atoms with Crippen LogP contribution in [0.5, 0.6) is 11.5 Å². The van der Waals surface area contributed by atoms with Crippen molar-refractivity contribution >= 4 is 18.3 Å². The minimum absolute atomic E-state index is 0. The maximum atomic E-state index is 11.9. The van der Waals surface area contributed by atoms with E-state index in [1.807, 2.05) is 24.3 Å². The van der Waals surface area contributed by atoms with Gasteiger partial charge in [-0.3, -0.25) is 4.79 Å². The Kier molecular flexibility index (Phi) is 8.81. The summed E-state index contributed by atoms with van der Waals surface area (Å²) in [7, 11) is 1.64. The van der Waals surface area contributed by atoms with Crippen molar-refractivity contribution in [3.63, 3.8) is 0 Å². The molecule has 2 rings (SSSR count). The fraction of sp³-hybridized carbons (Fsp3) is 0.588. The van der Waals surface area contributed by atoms with E-state index in [-0.39, 0.29) is 18.3 Å². The molecule has 1 aromatic rings. The number of methoxy groups -OCH3 is 1. The lowest BCUT2D eigenvalue weighted by molar-refractivity contribution is -0.122. The number of halogens is 1. The minimum atomic E-state index is 0. The van der Waals surface area contributed by atoms with Crippen molar-refractivity contribution in [3.8, 4) is 11.5 Å². The van der Waals surface area contributed by atoms with E-state index in [9.17, 15) is 4.79 Å². The lowest BCUT2D eigenvalue weighted by atomic mass is 9.95. The summed E-state index contributed by atoms with van der Waals surface area (Å²) in [6, 6.07) is 7.77. The predicted molar refractivity (Wildman–Crippen MR) is 93.6 cm³/mol. The molecule has 0 aromatic heterocycles. The second kappa shape index (κ2) is 10.3. The van der Waals surface area contributed by atoms with E-state index in [2.05, 4.69) is 17.6 Å². The van der Waals surface area contributed by atoms with Gasteiger partial charge in [0.25, 0.3) is 0 Å². The van der Waals surface area contributed by atoms with Crippen LogP contribution in [0.2, 0.25) is 0 Å². The second-order valence-corrected chi connectivity index (χ2v) is 5.77. The molecule has 5 nitrogen and oxygen atoms in total. The smallest absolute Gasteiger partial charge is 0.220 e. The van der Waals surface area contributed by atoms with Crippen molar-refractivity contribution < 1.29 is 14.3 Å². The summed E-state index contributed by atoms with van der Waals surface area (Å²) in [5, 5.41) is 6.47. The Morgan fingerprint density at radius 1 is 1.30 bits per heavy atom. The molecule has 23 heavy (non-hydrogen) atoms. The highest BCUT2D eigenvalue weighted by molar-refractivity contribution is 5.85. The first kappa shape index (κ1) is 19.6. The largest absolute Gasteiger partial charge is 0.497 e. The molecule has 1 aliphatic rings. The highest BCUT2D eigenvalue weighted by atomic mass is 35.5. The summed E-state index contributed by atoms with van der Waals surface area (Å²) in [5.74, 6) is 2.22. The summed E-state index contributed by atoms with van der Waals surface area (Å²) in [6.07, 6.45) is 2.24. The zero-order chi connectivity index (χ0) is 15.8. The van der Waals surface area contributed by atoms with Gasteiger partial charge in [0.2, 0.25) is 5.91 Å².